The third kappa shape index (κ3) is 6.06. The Morgan fingerprint density at radius 3 is 2.57 bits per heavy atom. The Bertz CT molecular complexity index is 441. The molecule has 0 radical (unpaired) electrons. The smallest absolute Gasteiger partial charge is 0.313 e. The van der Waals surface area contributed by atoms with Gasteiger partial charge >= 0.3 is 6.18 Å². The van der Waals surface area contributed by atoms with E-state index in [2.05, 4.69) is 12.2 Å². The van der Waals surface area contributed by atoms with Crippen LogP contribution in [-0.2, 0) is 13.1 Å². The van der Waals surface area contributed by atoms with Crippen molar-refractivity contribution in [3.05, 3.63) is 35.4 Å². The van der Waals surface area contributed by atoms with Crippen molar-refractivity contribution < 1.29 is 13.2 Å². The molecule has 1 aliphatic carbocycles. The van der Waals surface area contributed by atoms with Crippen molar-refractivity contribution in [2.45, 2.75) is 51.5 Å². The van der Waals surface area contributed by atoms with E-state index in [1.165, 1.54) is 0 Å². The predicted molar refractivity (Wildman–Crippen MR) is 77.9 cm³/mol. The Morgan fingerprint density at radius 2 is 1.95 bits per heavy atom. The number of halogens is 3. The van der Waals surface area contributed by atoms with E-state index >= 15 is 0 Å². The minimum Gasteiger partial charge on any atom is -0.313 e. The van der Waals surface area contributed by atoms with Gasteiger partial charge in [0.15, 0.2) is 0 Å². The standard InChI is InChI=1S/C16H23F3N2/c1-2-8-20-10-13-4-3-5-14(9-13)11-21(15-6-7-15)12-16(17,18)19/h3-5,9,15,20H,2,6-8,10-12H2,1H3. The third-order valence-electron chi connectivity index (χ3n) is 3.58. The molecule has 1 aromatic rings. The minimum absolute atomic E-state index is 0.105. The number of nitrogens with one attached hydrogen (secondary N) is 1. The molecular weight excluding hydrogens is 277 g/mol. The van der Waals surface area contributed by atoms with Gasteiger partial charge in [0.25, 0.3) is 0 Å². The normalized spacial score (nSPS) is 15.7. The van der Waals surface area contributed by atoms with E-state index in [9.17, 15) is 13.2 Å². The van der Waals surface area contributed by atoms with Crippen LogP contribution >= 0.6 is 0 Å². The number of hydrogen-bond donors (Lipinski definition) is 1. The second kappa shape index (κ2) is 7.27. The molecule has 0 aliphatic heterocycles. The van der Waals surface area contributed by atoms with Gasteiger partial charge in [0.1, 0.15) is 0 Å². The topological polar surface area (TPSA) is 15.3 Å². The van der Waals surface area contributed by atoms with E-state index in [0.717, 1.165) is 43.5 Å². The van der Waals surface area contributed by atoms with Crippen LogP contribution in [0.15, 0.2) is 24.3 Å². The summed E-state index contributed by atoms with van der Waals surface area (Å²) in [4.78, 5) is 1.55. The van der Waals surface area contributed by atoms with Gasteiger partial charge in [-0.2, -0.15) is 13.2 Å². The predicted octanol–water partition coefficient (Wildman–Crippen LogP) is 3.71. The van der Waals surface area contributed by atoms with Crippen LogP contribution in [-0.4, -0.2) is 30.2 Å². The lowest BCUT2D eigenvalue weighted by Gasteiger charge is -2.23. The summed E-state index contributed by atoms with van der Waals surface area (Å²) in [5.74, 6) is 0. The second-order valence-electron chi connectivity index (χ2n) is 5.75. The van der Waals surface area contributed by atoms with Gasteiger partial charge in [-0.25, -0.2) is 0 Å². The van der Waals surface area contributed by atoms with Gasteiger partial charge in [-0.1, -0.05) is 31.2 Å². The molecule has 1 aliphatic rings. The Balaban J connectivity index is 1.95. The molecule has 2 nitrogen and oxygen atoms in total. The highest BCUT2D eigenvalue weighted by Crippen LogP contribution is 2.31. The molecule has 0 amide bonds. The molecule has 2 rings (SSSR count). The molecule has 0 unspecified atom stereocenters. The minimum atomic E-state index is -4.12. The largest absolute Gasteiger partial charge is 0.401 e. The first kappa shape index (κ1) is 16.3. The van der Waals surface area contributed by atoms with Gasteiger partial charge in [-0.05, 0) is 36.9 Å². The number of alkyl halides is 3. The summed E-state index contributed by atoms with van der Waals surface area (Å²) in [6, 6.07) is 7.96. The lowest BCUT2D eigenvalue weighted by atomic mass is 10.1. The number of nitrogens with zero attached hydrogens (tertiary/aromatic N) is 1. The van der Waals surface area contributed by atoms with E-state index < -0.39 is 12.7 Å². The zero-order valence-electron chi connectivity index (χ0n) is 12.4. The molecule has 1 saturated carbocycles. The van der Waals surface area contributed by atoms with Crippen molar-refractivity contribution in [2.75, 3.05) is 13.1 Å². The van der Waals surface area contributed by atoms with Crippen LogP contribution in [0.3, 0.4) is 0 Å². The molecule has 0 heterocycles. The maximum atomic E-state index is 12.6. The fraction of sp³-hybridized carbons (Fsp3) is 0.625. The van der Waals surface area contributed by atoms with Crippen LogP contribution in [0.4, 0.5) is 13.2 Å². The molecule has 1 N–H and O–H groups in total. The molecule has 0 spiro atoms. The molecule has 0 atom stereocenters. The fourth-order valence-electron chi connectivity index (χ4n) is 2.47. The van der Waals surface area contributed by atoms with Gasteiger partial charge in [0, 0.05) is 19.1 Å². The maximum absolute atomic E-state index is 12.6. The van der Waals surface area contributed by atoms with E-state index in [4.69, 9.17) is 0 Å². The van der Waals surface area contributed by atoms with Gasteiger partial charge in [-0.15, -0.1) is 0 Å². The summed E-state index contributed by atoms with van der Waals surface area (Å²) in [6.45, 7) is 3.40. The van der Waals surface area contributed by atoms with Gasteiger partial charge < -0.3 is 5.32 Å². The van der Waals surface area contributed by atoms with Gasteiger partial charge in [0.05, 0.1) is 6.54 Å². The van der Waals surface area contributed by atoms with E-state index in [0.29, 0.717) is 6.54 Å². The highest BCUT2D eigenvalue weighted by molar-refractivity contribution is 5.23. The van der Waals surface area contributed by atoms with E-state index in [1.807, 2.05) is 24.3 Å². The summed E-state index contributed by atoms with van der Waals surface area (Å²) >= 11 is 0. The molecule has 118 valence electrons. The quantitative estimate of drug-likeness (QED) is 0.736. The summed E-state index contributed by atoms with van der Waals surface area (Å²) in [7, 11) is 0. The first-order valence-electron chi connectivity index (χ1n) is 7.57. The average molecular weight is 300 g/mol. The molecule has 1 fully saturated rings. The molecule has 0 saturated heterocycles. The lowest BCUT2D eigenvalue weighted by molar-refractivity contribution is -0.148. The van der Waals surface area contributed by atoms with Crippen LogP contribution in [0.2, 0.25) is 0 Å². The summed E-state index contributed by atoms with van der Waals surface area (Å²) in [5, 5.41) is 3.31. The van der Waals surface area contributed by atoms with E-state index in [1.54, 1.807) is 4.90 Å². The lowest BCUT2D eigenvalue weighted by Crippen LogP contribution is -2.35. The highest BCUT2D eigenvalue weighted by atomic mass is 19.4. The van der Waals surface area contributed by atoms with Crippen LogP contribution in [0.25, 0.3) is 0 Å². The molecule has 0 bridgehead atoms. The Morgan fingerprint density at radius 1 is 1.24 bits per heavy atom. The fourth-order valence-corrected chi connectivity index (χ4v) is 2.47. The molecule has 0 aromatic heterocycles. The monoisotopic (exact) mass is 300 g/mol. The number of hydrogen-bond acceptors (Lipinski definition) is 2. The zero-order valence-corrected chi connectivity index (χ0v) is 12.4. The van der Waals surface area contributed by atoms with Gasteiger partial charge in [-0.3, -0.25) is 4.90 Å². The molecule has 21 heavy (non-hydrogen) atoms. The van der Waals surface area contributed by atoms with Crippen LogP contribution in [0, 0.1) is 0 Å². The van der Waals surface area contributed by atoms with Crippen molar-refractivity contribution in [1.29, 1.82) is 0 Å². The first-order valence-corrected chi connectivity index (χ1v) is 7.57. The number of rotatable bonds is 8. The molecular formula is C16H23F3N2. The van der Waals surface area contributed by atoms with Crippen LogP contribution in [0.1, 0.15) is 37.3 Å². The number of benzene rings is 1. The van der Waals surface area contributed by atoms with Gasteiger partial charge in [0.2, 0.25) is 0 Å². The van der Waals surface area contributed by atoms with Crippen LogP contribution in [0.5, 0.6) is 0 Å². The zero-order chi connectivity index (χ0) is 15.3. The first-order chi connectivity index (χ1) is 9.98. The van der Waals surface area contributed by atoms with Crippen molar-refractivity contribution in [2.24, 2.45) is 0 Å². The summed E-state index contributed by atoms with van der Waals surface area (Å²) in [5.41, 5.74) is 2.09. The second-order valence-corrected chi connectivity index (χ2v) is 5.75. The van der Waals surface area contributed by atoms with Crippen molar-refractivity contribution in [1.82, 2.24) is 10.2 Å². The average Bonchev–Trinajstić information content (AvgIpc) is 3.21. The highest BCUT2D eigenvalue weighted by Gasteiger charge is 2.37. The Kier molecular flexibility index (Phi) is 5.65. The summed E-state index contributed by atoms with van der Waals surface area (Å²) in [6.07, 6.45) is -1.29. The van der Waals surface area contributed by atoms with Crippen LogP contribution < -0.4 is 5.32 Å². The third-order valence-corrected chi connectivity index (χ3v) is 3.58. The Hall–Kier alpha value is -1.07. The SMILES string of the molecule is CCCNCc1cccc(CN(CC(F)(F)F)C2CC2)c1. The van der Waals surface area contributed by atoms with Crippen molar-refractivity contribution >= 4 is 0 Å². The van der Waals surface area contributed by atoms with Crippen molar-refractivity contribution in [3.63, 3.8) is 0 Å². The van der Waals surface area contributed by atoms with E-state index in [-0.39, 0.29) is 6.04 Å². The Labute approximate surface area is 124 Å². The summed E-state index contributed by atoms with van der Waals surface area (Å²) < 4.78 is 37.9. The maximum Gasteiger partial charge on any atom is 0.401 e. The molecule has 1 aromatic carbocycles. The molecule has 5 heteroatoms. The van der Waals surface area contributed by atoms with Crippen molar-refractivity contribution in [3.8, 4) is 0 Å².